The third kappa shape index (κ3) is 32.6. The molecule has 0 saturated carbocycles. The van der Waals surface area contributed by atoms with Crippen LogP contribution in [0.15, 0.2) is 12.2 Å². The van der Waals surface area contributed by atoms with Crippen LogP contribution in [0, 0.1) is 0 Å². The Bertz CT molecular complexity index is 221. The molecule has 0 radical (unpaired) electrons. The molecule has 0 aliphatic rings. The van der Waals surface area contributed by atoms with Crippen LogP contribution in [0.1, 0.15) is 90.9 Å². The van der Waals surface area contributed by atoms with E-state index < -0.39 is 5.97 Å². The highest BCUT2D eigenvalue weighted by Crippen LogP contribution is 2.08. The zero-order valence-corrected chi connectivity index (χ0v) is 14.1. The van der Waals surface area contributed by atoms with E-state index in [1.807, 2.05) is 0 Å². The van der Waals surface area contributed by atoms with Gasteiger partial charge in [-0.2, -0.15) is 0 Å². The van der Waals surface area contributed by atoms with Crippen LogP contribution in [0.3, 0.4) is 0 Å². The highest BCUT2D eigenvalue weighted by molar-refractivity contribution is 5.62. The lowest BCUT2D eigenvalue weighted by atomic mass is 10.1. The maximum absolute atomic E-state index is 9.00. The van der Waals surface area contributed by atoms with E-state index in [2.05, 4.69) is 19.1 Å². The van der Waals surface area contributed by atoms with E-state index in [4.69, 9.17) is 15.0 Å². The van der Waals surface area contributed by atoms with E-state index >= 15 is 0 Å². The van der Waals surface area contributed by atoms with Gasteiger partial charge in [-0.1, -0.05) is 64.0 Å². The number of hydrogen-bond acceptors (Lipinski definition) is 2. The smallest absolute Gasteiger partial charge is 0.300 e. The summed E-state index contributed by atoms with van der Waals surface area (Å²) in [6.07, 6.45) is 20.2. The summed E-state index contributed by atoms with van der Waals surface area (Å²) < 4.78 is 0. The molecule has 21 heavy (non-hydrogen) atoms. The molecule has 0 amide bonds. The highest BCUT2D eigenvalue weighted by Gasteiger charge is 1.89. The van der Waals surface area contributed by atoms with Gasteiger partial charge in [0.05, 0.1) is 0 Å². The van der Waals surface area contributed by atoms with Crippen molar-refractivity contribution in [2.75, 3.05) is 6.61 Å². The molecular weight excluding hydrogens is 264 g/mol. The minimum atomic E-state index is -0.833. The summed E-state index contributed by atoms with van der Waals surface area (Å²) in [5.41, 5.74) is 0. The Morgan fingerprint density at radius 2 is 1.19 bits per heavy atom. The molecule has 0 bridgehead atoms. The number of aliphatic hydroxyl groups excluding tert-OH is 1. The minimum Gasteiger partial charge on any atom is -0.481 e. The third-order valence-electron chi connectivity index (χ3n) is 3.17. The topological polar surface area (TPSA) is 57.5 Å². The first-order chi connectivity index (χ1) is 10.1. The molecule has 3 nitrogen and oxygen atoms in total. The van der Waals surface area contributed by atoms with Crippen LogP contribution in [-0.2, 0) is 4.79 Å². The average molecular weight is 300 g/mol. The number of unbranched alkanes of at least 4 members (excludes halogenated alkanes) is 10. The van der Waals surface area contributed by atoms with Gasteiger partial charge in [0.25, 0.3) is 5.97 Å². The summed E-state index contributed by atoms with van der Waals surface area (Å²) in [6, 6.07) is 0. The average Bonchev–Trinajstić information content (AvgIpc) is 2.43. The minimum absolute atomic E-state index is 0.359. The largest absolute Gasteiger partial charge is 0.481 e. The van der Waals surface area contributed by atoms with Gasteiger partial charge in [-0.15, -0.1) is 0 Å². The van der Waals surface area contributed by atoms with Crippen molar-refractivity contribution in [1.29, 1.82) is 0 Å². The maximum Gasteiger partial charge on any atom is 0.300 e. The fourth-order valence-electron chi connectivity index (χ4n) is 2.01. The number of rotatable bonds is 13. The first-order valence-corrected chi connectivity index (χ1v) is 8.60. The van der Waals surface area contributed by atoms with Gasteiger partial charge in [-0.3, -0.25) is 4.79 Å². The molecule has 0 aliphatic heterocycles. The first kappa shape index (κ1) is 22.5. The van der Waals surface area contributed by atoms with Crippen LogP contribution in [0.5, 0.6) is 0 Å². The predicted molar refractivity (Wildman–Crippen MR) is 90.6 cm³/mol. The van der Waals surface area contributed by atoms with Crippen molar-refractivity contribution >= 4 is 5.97 Å². The van der Waals surface area contributed by atoms with Gasteiger partial charge in [-0.25, -0.2) is 0 Å². The molecule has 0 rings (SSSR count). The third-order valence-corrected chi connectivity index (χ3v) is 3.17. The van der Waals surface area contributed by atoms with Gasteiger partial charge >= 0.3 is 0 Å². The van der Waals surface area contributed by atoms with Crippen molar-refractivity contribution in [2.45, 2.75) is 90.9 Å². The second-order valence-corrected chi connectivity index (χ2v) is 5.47. The van der Waals surface area contributed by atoms with Gasteiger partial charge in [0.1, 0.15) is 0 Å². The van der Waals surface area contributed by atoms with Crippen LogP contribution in [-0.4, -0.2) is 22.8 Å². The fourth-order valence-corrected chi connectivity index (χ4v) is 2.01. The van der Waals surface area contributed by atoms with Gasteiger partial charge in [0, 0.05) is 13.5 Å². The molecule has 0 aromatic heterocycles. The van der Waals surface area contributed by atoms with E-state index in [1.54, 1.807) is 0 Å². The molecule has 0 heterocycles. The maximum atomic E-state index is 9.00. The van der Waals surface area contributed by atoms with Crippen molar-refractivity contribution in [2.24, 2.45) is 0 Å². The Balaban J connectivity index is 0. The molecule has 0 unspecified atom stereocenters. The molecule has 2 N–H and O–H groups in total. The van der Waals surface area contributed by atoms with Gasteiger partial charge in [0.2, 0.25) is 0 Å². The van der Waals surface area contributed by atoms with Gasteiger partial charge in [-0.05, 0) is 32.1 Å². The molecule has 0 saturated heterocycles. The van der Waals surface area contributed by atoms with Crippen LogP contribution < -0.4 is 0 Å². The van der Waals surface area contributed by atoms with Crippen LogP contribution >= 0.6 is 0 Å². The number of aliphatic hydroxyl groups is 1. The summed E-state index contributed by atoms with van der Waals surface area (Å²) in [5.74, 6) is -0.833. The molecule has 0 atom stereocenters. The number of allylic oxidation sites excluding steroid dienone is 2. The Kier molecular flexibility index (Phi) is 23.0. The zero-order chi connectivity index (χ0) is 16.2. The summed E-state index contributed by atoms with van der Waals surface area (Å²) in [5, 5.41) is 16.0. The number of carbonyl (C=O) groups is 1. The Hall–Kier alpha value is -0.830. The summed E-state index contributed by atoms with van der Waals surface area (Å²) in [4.78, 5) is 9.00. The number of aliphatic carboxylic acids is 1. The highest BCUT2D eigenvalue weighted by atomic mass is 16.4. The standard InChI is InChI=1S/C16H32O.C2H4O2/c1-2-3-4-5-6-7-8-9-10-11-12-13-14-15-16-17;1-2(3)4/h8-9,17H,2-7,10-16H2,1H3;1H3,(H,3,4). The predicted octanol–water partition coefficient (Wildman–Crippen LogP) is 5.33. The van der Waals surface area contributed by atoms with E-state index in [-0.39, 0.29) is 0 Å². The Morgan fingerprint density at radius 1 is 0.810 bits per heavy atom. The van der Waals surface area contributed by atoms with Crippen LogP contribution in [0.4, 0.5) is 0 Å². The lowest BCUT2D eigenvalue weighted by molar-refractivity contribution is -0.134. The Morgan fingerprint density at radius 3 is 1.62 bits per heavy atom. The summed E-state index contributed by atoms with van der Waals surface area (Å²) in [6.45, 7) is 3.71. The van der Waals surface area contributed by atoms with E-state index in [0.717, 1.165) is 13.3 Å². The lowest BCUT2D eigenvalue weighted by Gasteiger charge is -1.98. The van der Waals surface area contributed by atoms with E-state index in [0.29, 0.717) is 6.61 Å². The van der Waals surface area contributed by atoms with Crippen molar-refractivity contribution in [3.05, 3.63) is 12.2 Å². The number of carboxylic acids is 1. The van der Waals surface area contributed by atoms with Crippen LogP contribution in [0.2, 0.25) is 0 Å². The molecular formula is C18H36O3. The zero-order valence-electron chi connectivity index (χ0n) is 14.1. The number of carboxylic acid groups (broad SMARTS) is 1. The fraction of sp³-hybridized carbons (Fsp3) is 0.833. The van der Waals surface area contributed by atoms with E-state index in [9.17, 15) is 0 Å². The second-order valence-electron chi connectivity index (χ2n) is 5.47. The number of hydrogen-bond donors (Lipinski definition) is 2. The molecule has 0 aromatic carbocycles. The Labute approximate surface area is 131 Å². The first-order valence-electron chi connectivity index (χ1n) is 8.60. The normalized spacial score (nSPS) is 10.4. The lowest BCUT2D eigenvalue weighted by Crippen LogP contribution is -1.83. The second kappa shape index (κ2) is 21.5. The summed E-state index contributed by atoms with van der Waals surface area (Å²) in [7, 11) is 0. The molecule has 0 aliphatic carbocycles. The van der Waals surface area contributed by atoms with Crippen LogP contribution in [0.25, 0.3) is 0 Å². The van der Waals surface area contributed by atoms with Crippen molar-refractivity contribution in [3.63, 3.8) is 0 Å². The summed E-state index contributed by atoms with van der Waals surface area (Å²) >= 11 is 0. The SMILES string of the molecule is CC(=O)O.CCCCCCCC=CCCCCCCCO. The van der Waals surface area contributed by atoms with Gasteiger partial charge < -0.3 is 10.2 Å². The van der Waals surface area contributed by atoms with Crippen molar-refractivity contribution in [1.82, 2.24) is 0 Å². The molecule has 0 aromatic rings. The monoisotopic (exact) mass is 300 g/mol. The molecule has 0 spiro atoms. The quantitative estimate of drug-likeness (QED) is 0.357. The molecule has 3 heteroatoms. The molecule has 126 valence electrons. The molecule has 0 fully saturated rings. The van der Waals surface area contributed by atoms with Gasteiger partial charge in [0.15, 0.2) is 0 Å². The van der Waals surface area contributed by atoms with Crippen molar-refractivity contribution < 1.29 is 15.0 Å². The van der Waals surface area contributed by atoms with E-state index in [1.165, 1.54) is 70.6 Å². The van der Waals surface area contributed by atoms with Crippen molar-refractivity contribution in [3.8, 4) is 0 Å².